The van der Waals surface area contributed by atoms with Crippen molar-refractivity contribution in [2.24, 2.45) is 0 Å². The minimum absolute atomic E-state index is 0.0701. The van der Waals surface area contributed by atoms with Crippen LogP contribution in [-0.4, -0.2) is 27.7 Å². The molecule has 0 fully saturated rings. The van der Waals surface area contributed by atoms with Crippen molar-refractivity contribution in [1.82, 2.24) is 4.98 Å². The van der Waals surface area contributed by atoms with E-state index in [2.05, 4.69) is 16.4 Å². The van der Waals surface area contributed by atoms with E-state index in [1.54, 1.807) is 0 Å². The molecular formula is C20H19N5O3S. The number of carboxylic acid groups (broad SMARTS) is 1. The zero-order chi connectivity index (χ0) is 21.6. The second-order valence-corrected chi connectivity index (χ2v) is 7.46. The lowest BCUT2D eigenvalue weighted by Crippen LogP contribution is -2.13. The zero-order valence-electron chi connectivity index (χ0n) is 15.9. The van der Waals surface area contributed by atoms with Gasteiger partial charge in [-0.3, -0.25) is 4.79 Å². The first-order valence-corrected chi connectivity index (χ1v) is 9.66. The van der Waals surface area contributed by atoms with E-state index in [0.717, 1.165) is 0 Å². The van der Waals surface area contributed by atoms with Crippen LogP contribution in [0.2, 0.25) is 0 Å². The average molecular weight is 409 g/mol. The van der Waals surface area contributed by atoms with Crippen molar-refractivity contribution >= 4 is 35.1 Å². The number of benzene rings is 1. The topological polar surface area (TPSA) is 153 Å². The van der Waals surface area contributed by atoms with Crippen molar-refractivity contribution in [1.29, 1.82) is 10.5 Å². The molecule has 2 aromatic rings. The molecule has 0 aliphatic carbocycles. The van der Waals surface area contributed by atoms with Gasteiger partial charge >= 0.3 is 5.97 Å². The number of aromatic nitrogens is 1. The molecule has 9 heteroatoms. The molecule has 0 saturated carbocycles. The first kappa shape index (κ1) is 21.7. The normalized spacial score (nSPS) is 10.2. The van der Waals surface area contributed by atoms with Crippen LogP contribution in [0.15, 0.2) is 29.3 Å². The van der Waals surface area contributed by atoms with Crippen molar-refractivity contribution in [3.05, 3.63) is 46.5 Å². The van der Waals surface area contributed by atoms with Gasteiger partial charge in [0.15, 0.2) is 0 Å². The lowest BCUT2D eigenvalue weighted by atomic mass is 9.94. The van der Waals surface area contributed by atoms with E-state index in [0.29, 0.717) is 27.6 Å². The zero-order valence-corrected chi connectivity index (χ0v) is 16.7. The summed E-state index contributed by atoms with van der Waals surface area (Å²) in [6, 6.07) is 9.95. The molecule has 148 valence electrons. The van der Waals surface area contributed by atoms with Gasteiger partial charge in [-0.1, -0.05) is 13.8 Å². The van der Waals surface area contributed by atoms with Crippen molar-refractivity contribution in [2.45, 2.75) is 31.2 Å². The number of thioether (sulfide) groups is 1. The number of nitrogens with one attached hydrogen (secondary N) is 1. The number of pyridine rings is 1. The van der Waals surface area contributed by atoms with Gasteiger partial charge in [0.05, 0.1) is 16.7 Å². The summed E-state index contributed by atoms with van der Waals surface area (Å²) in [5.41, 5.74) is 7.59. The fraction of sp³-hybridized carbons (Fsp3) is 0.250. The highest BCUT2D eigenvalue weighted by Gasteiger charge is 2.21. The lowest BCUT2D eigenvalue weighted by Gasteiger charge is -2.15. The average Bonchev–Trinajstić information content (AvgIpc) is 2.67. The van der Waals surface area contributed by atoms with E-state index in [-0.39, 0.29) is 35.2 Å². The molecule has 4 N–H and O–H groups in total. The largest absolute Gasteiger partial charge is 0.478 e. The van der Waals surface area contributed by atoms with Crippen molar-refractivity contribution in [2.75, 3.05) is 16.8 Å². The van der Waals surface area contributed by atoms with Crippen molar-refractivity contribution in [3.63, 3.8) is 0 Å². The van der Waals surface area contributed by atoms with Gasteiger partial charge in [0.2, 0.25) is 5.91 Å². The van der Waals surface area contributed by atoms with Crippen LogP contribution in [0.4, 0.5) is 11.5 Å². The molecular weight excluding hydrogens is 390 g/mol. The second-order valence-electron chi connectivity index (χ2n) is 6.37. The van der Waals surface area contributed by atoms with Crippen LogP contribution < -0.4 is 11.1 Å². The molecule has 0 spiro atoms. The molecule has 2 rings (SSSR count). The maximum Gasteiger partial charge on any atom is 0.335 e. The SMILES string of the molecule is CC(C)c1c(C#N)c(N)nc(SCCC(=O)Nc2ccc(C(=O)O)cc2)c1C#N. The van der Waals surface area contributed by atoms with Gasteiger partial charge in [-0.05, 0) is 35.7 Å². The van der Waals surface area contributed by atoms with E-state index in [4.69, 9.17) is 10.8 Å². The number of nitriles is 2. The maximum atomic E-state index is 12.1. The summed E-state index contributed by atoms with van der Waals surface area (Å²) in [6.45, 7) is 3.74. The Bertz CT molecular complexity index is 1020. The summed E-state index contributed by atoms with van der Waals surface area (Å²) in [5.74, 6) is -0.960. The van der Waals surface area contributed by atoms with Gasteiger partial charge in [-0.2, -0.15) is 10.5 Å². The summed E-state index contributed by atoms with van der Waals surface area (Å²) in [4.78, 5) is 27.1. The molecule has 0 unspecified atom stereocenters. The van der Waals surface area contributed by atoms with E-state index < -0.39 is 5.97 Å². The number of anilines is 2. The summed E-state index contributed by atoms with van der Waals surface area (Å²) in [7, 11) is 0. The number of carbonyl (C=O) groups is 2. The van der Waals surface area contributed by atoms with Crippen molar-refractivity contribution < 1.29 is 14.7 Å². The van der Waals surface area contributed by atoms with Crippen LogP contribution in [0.1, 0.15) is 53.2 Å². The standard InChI is InChI=1S/C20H19N5O3S/c1-11(2)17-14(9-21)18(23)25-19(15(17)10-22)29-8-7-16(26)24-13-5-3-12(4-6-13)20(27)28/h3-6,11H,7-8H2,1-2H3,(H2,23,25)(H,24,26)(H,27,28). The minimum Gasteiger partial charge on any atom is -0.478 e. The summed E-state index contributed by atoms with van der Waals surface area (Å²) < 4.78 is 0. The van der Waals surface area contributed by atoms with Crippen LogP contribution in [-0.2, 0) is 4.79 Å². The molecule has 0 aliphatic heterocycles. The Morgan fingerprint density at radius 2 is 1.83 bits per heavy atom. The molecule has 0 saturated heterocycles. The number of amides is 1. The molecule has 0 atom stereocenters. The Morgan fingerprint density at radius 3 is 2.34 bits per heavy atom. The Hall–Kier alpha value is -3.56. The molecule has 0 radical (unpaired) electrons. The van der Waals surface area contributed by atoms with Crippen molar-refractivity contribution in [3.8, 4) is 12.1 Å². The minimum atomic E-state index is -1.04. The highest BCUT2D eigenvalue weighted by Crippen LogP contribution is 2.33. The molecule has 1 amide bonds. The monoisotopic (exact) mass is 409 g/mol. The third-order valence-corrected chi connectivity index (χ3v) is 4.99. The van der Waals surface area contributed by atoms with Crippen LogP contribution in [0.25, 0.3) is 0 Å². The molecule has 1 aromatic heterocycles. The van der Waals surface area contributed by atoms with Crippen LogP contribution >= 0.6 is 11.8 Å². The predicted octanol–water partition coefficient (Wildman–Crippen LogP) is 3.35. The number of rotatable bonds is 7. The number of aromatic carboxylic acids is 1. The number of nitrogen functional groups attached to an aromatic ring is 1. The number of hydrogen-bond acceptors (Lipinski definition) is 7. The van der Waals surface area contributed by atoms with Crippen LogP contribution in [0, 0.1) is 22.7 Å². The molecule has 0 aliphatic rings. The lowest BCUT2D eigenvalue weighted by molar-refractivity contribution is -0.115. The van der Waals surface area contributed by atoms with Gasteiger partial charge < -0.3 is 16.2 Å². The quantitative estimate of drug-likeness (QED) is 0.588. The second kappa shape index (κ2) is 9.58. The van der Waals surface area contributed by atoms with Gasteiger partial charge in [0, 0.05) is 17.9 Å². The molecule has 8 nitrogen and oxygen atoms in total. The molecule has 0 bridgehead atoms. The predicted molar refractivity (Wildman–Crippen MR) is 110 cm³/mol. The van der Waals surface area contributed by atoms with E-state index in [1.807, 2.05) is 19.9 Å². The fourth-order valence-corrected chi connectivity index (χ4v) is 3.61. The highest BCUT2D eigenvalue weighted by atomic mass is 32.2. The highest BCUT2D eigenvalue weighted by molar-refractivity contribution is 7.99. The van der Waals surface area contributed by atoms with E-state index >= 15 is 0 Å². The third kappa shape index (κ3) is 5.24. The smallest absolute Gasteiger partial charge is 0.335 e. The number of carbonyl (C=O) groups excluding carboxylic acids is 1. The summed E-state index contributed by atoms with van der Waals surface area (Å²) in [6.07, 6.45) is 0.148. The Balaban J connectivity index is 2.06. The number of hydrogen-bond donors (Lipinski definition) is 3. The summed E-state index contributed by atoms with van der Waals surface area (Å²) >= 11 is 1.22. The number of nitrogens with zero attached hydrogens (tertiary/aromatic N) is 3. The Kier molecular flexibility index (Phi) is 7.18. The fourth-order valence-electron chi connectivity index (χ4n) is 2.67. The van der Waals surface area contributed by atoms with Gasteiger partial charge in [-0.15, -0.1) is 11.8 Å². The summed E-state index contributed by atoms with van der Waals surface area (Å²) in [5, 5.41) is 30.8. The number of carboxylic acids is 1. The molecule has 29 heavy (non-hydrogen) atoms. The molecule has 1 heterocycles. The Labute approximate surface area is 172 Å². The van der Waals surface area contributed by atoms with Crippen LogP contribution in [0.3, 0.4) is 0 Å². The Morgan fingerprint density at radius 1 is 1.21 bits per heavy atom. The van der Waals surface area contributed by atoms with Gasteiger partial charge in [0.25, 0.3) is 0 Å². The third-order valence-electron chi connectivity index (χ3n) is 4.02. The first-order valence-electron chi connectivity index (χ1n) is 8.68. The van der Waals surface area contributed by atoms with E-state index in [9.17, 15) is 20.1 Å². The van der Waals surface area contributed by atoms with Gasteiger partial charge in [-0.25, -0.2) is 9.78 Å². The van der Waals surface area contributed by atoms with Gasteiger partial charge in [0.1, 0.15) is 23.0 Å². The number of nitrogens with two attached hydrogens (primary N) is 1. The first-order chi connectivity index (χ1) is 13.8. The molecule has 1 aromatic carbocycles. The van der Waals surface area contributed by atoms with E-state index in [1.165, 1.54) is 36.0 Å². The van der Waals surface area contributed by atoms with Crippen LogP contribution in [0.5, 0.6) is 0 Å². The maximum absolute atomic E-state index is 12.1.